The van der Waals surface area contributed by atoms with Crippen LogP contribution >= 0.6 is 0 Å². The molecule has 9 heteroatoms. The molecule has 0 aliphatic carbocycles. The summed E-state index contributed by atoms with van der Waals surface area (Å²) in [5, 5.41) is 13.8. The number of amides is 1. The van der Waals surface area contributed by atoms with Gasteiger partial charge < -0.3 is 19.9 Å². The SMILES string of the molecule is COC(=O)c1ccc(N2CCN(C)CC2)c(NC(=O)c2cccc([N+](=O)[O-])c2)c1. The first-order chi connectivity index (χ1) is 13.9. The summed E-state index contributed by atoms with van der Waals surface area (Å²) in [5.74, 6) is -1.01. The number of nitrogens with one attached hydrogen (secondary N) is 1. The normalized spacial score (nSPS) is 14.3. The number of non-ortho nitro benzene ring substituents is 1. The maximum Gasteiger partial charge on any atom is 0.337 e. The van der Waals surface area contributed by atoms with Crippen molar-refractivity contribution >= 4 is 28.9 Å². The molecule has 1 N–H and O–H groups in total. The molecule has 9 nitrogen and oxygen atoms in total. The Morgan fingerprint density at radius 1 is 1.07 bits per heavy atom. The van der Waals surface area contributed by atoms with Crippen LogP contribution in [0.1, 0.15) is 20.7 Å². The van der Waals surface area contributed by atoms with Gasteiger partial charge in [-0.25, -0.2) is 4.79 Å². The second kappa shape index (κ2) is 8.70. The fourth-order valence-electron chi connectivity index (χ4n) is 3.16. The smallest absolute Gasteiger partial charge is 0.337 e. The van der Waals surface area contributed by atoms with E-state index in [1.807, 2.05) is 7.05 Å². The van der Waals surface area contributed by atoms with Crippen molar-refractivity contribution in [3.63, 3.8) is 0 Å². The van der Waals surface area contributed by atoms with Crippen LogP contribution in [0.2, 0.25) is 0 Å². The number of carbonyl (C=O) groups is 2. The number of rotatable bonds is 5. The standard InChI is InChI=1S/C20H22N4O5/c1-22-8-10-23(11-9-22)18-7-6-15(20(26)29-2)13-17(18)21-19(25)14-4-3-5-16(12-14)24(27)28/h3-7,12-13H,8-11H2,1-2H3,(H,21,25). The number of carbonyl (C=O) groups excluding carboxylic acids is 2. The van der Waals surface area contributed by atoms with Gasteiger partial charge in [0.05, 0.1) is 29.0 Å². The zero-order valence-corrected chi connectivity index (χ0v) is 16.3. The van der Waals surface area contributed by atoms with Crippen molar-refractivity contribution in [3.8, 4) is 0 Å². The van der Waals surface area contributed by atoms with Crippen molar-refractivity contribution in [2.75, 3.05) is 50.6 Å². The summed E-state index contributed by atoms with van der Waals surface area (Å²) in [6.45, 7) is 3.29. The number of benzene rings is 2. The van der Waals surface area contributed by atoms with Gasteiger partial charge in [-0.3, -0.25) is 14.9 Å². The molecule has 1 saturated heterocycles. The average molecular weight is 398 g/mol. The molecule has 2 aromatic carbocycles. The lowest BCUT2D eigenvalue weighted by molar-refractivity contribution is -0.384. The van der Waals surface area contributed by atoms with Gasteiger partial charge in [0.15, 0.2) is 0 Å². The molecule has 152 valence electrons. The Morgan fingerprint density at radius 2 is 1.79 bits per heavy atom. The first kappa shape index (κ1) is 20.3. The van der Waals surface area contributed by atoms with E-state index in [1.165, 1.54) is 31.4 Å². The number of hydrogen-bond donors (Lipinski definition) is 1. The minimum absolute atomic E-state index is 0.159. The first-order valence-electron chi connectivity index (χ1n) is 9.10. The maximum atomic E-state index is 12.8. The molecule has 0 saturated carbocycles. The van der Waals surface area contributed by atoms with E-state index in [4.69, 9.17) is 4.74 Å². The van der Waals surface area contributed by atoms with Crippen LogP contribution in [-0.2, 0) is 4.74 Å². The molecule has 0 bridgehead atoms. The quantitative estimate of drug-likeness (QED) is 0.468. The van der Waals surface area contributed by atoms with Gasteiger partial charge in [-0.2, -0.15) is 0 Å². The minimum atomic E-state index is -0.551. The van der Waals surface area contributed by atoms with E-state index in [1.54, 1.807) is 18.2 Å². The zero-order valence-electron chi connectivity index (χ0n) is 16.3. The number of hydrogen-bond acceptors (Lipinski definition) is 7. The molecule has 29 heavy (non-hydrogen) atoms. The van der Waals surface area contributed by atoms with Gasteiger partial charge in [0.2, 0.25) is 0 Å². The van der Waals surface area contributed by atoms with Crippen molar-refractivity contribution in [2.24, 2.45) is 0 Å². The van der Waals surface area contributed by atoms with Crippen LogP contribution in [0.3, 0.4) is 0 Å². The number of nitro benzene ring substituents is 1. The lowest BCUT2D eigenvalue weighted by Gasteiger charge is -2.35. The van der Waals surface area contributed by atoms with Gasteiger partial charge >= 0.3 is 5.97 Å². The lowest BCUT2D eigenvalue weighted by Crippen LogP contribution is -2.44. The Hall–Kier alpha value is -3.46. The fourth-order valence-corrected chi connectivity index (χ4v) is 3.16. The Bertz CT molecular complexity index is 938. The number of esters is 1. The first-order valence-corrected chi connectivity index (χ1v) is 9.10. The monoisotopic (exact) mass is 398 g/mol. The molecule has 0 aromatic heterocycles. The van der Waals surface area contributed by atoms with E-state index < -0.39 is 16.8 Å². The van der Waals surface area contributed by atoms with Crippen molar-refractivity contribution in [1.29, 1.82) is 0 Å². The number of nitro groups is 1. The van der Waals surface area contributed by atoms with E-state index in [9.17, 15) is 19.7 Å². The lowest BCUT2D eigenvalue weighted by atomic mass is 10.1. The molecule has 0 radical (unpaired) electrons. The van der Waals surface area contributed by atoms with Crippen LogP contribution in [0.5, 0.6) is 0 Å². The molecule has 0 unspecified atom stereocenters. The molecule has 1 fully saturated rings. The third-order valence-electron chi connectivity index (χ3n) is 4.83. The molecule has 0 spiro atoms. The molecular weight excluding hydrogens is 376 g/mol. The summed E-state index contributed by atoms with van der Waals surface area (Å²) < 4.78 is 4.78. The van der Waals surface area contributed by atoms with Crippen molar-refractivity contribution < 1.29 is 19.2 Å². The summed E-state index contributed by atoms with van der Waals surface area (Å²) >= 11 is 0. The Labute approximate surface area is 168 Å². The molecule has 1 heterocycles. The van der Waals surface area contributed by atoms with Crippen LogP contribution in [-0.4, -0.2) is 62.0 Å². The van der Waals surface area contributed by atoms with E-state index in [-0.39, 0.29) is 11.3 Å². The predicted octanol–water partition coefficient (Wildman–Crippen LogP) is 2.39. The van der Waals surface area contributed by atoms with E-state index in [0.29, 0.717) is 11.3 Å². The number of likely N-dealkylation sites (N-methyl/N-ethyl adjacent to an activating group) is 1. The molecule has 3 rings (SSSR count). The summed E-state index contributed by atoms with van der Waals surface area (Å²) in [6.07, 6.45) is 0. The Kier molecular flexibility index (Phi) is 6.08. The number of methoxy groups -OCH3 is 1. The van der Waals surface area contributed by atoms with Crippen LogP contribution in [0.25, 0.3) is 0 Å². The summed E-state index contributed by atoms with van der Waals surface area (Å²) in [6, 6.07) is 10.5. The van der Waals surface area contributed by atoms with Gasteiger partial charge in [-0.15, -0.1) is 0 Å². The highest BCUT2D eigenvalue weighted by Gasteiger charge is 2.21. The highest BCUT2D eigenvalue weighted by molar-refractivity contribution is 6.07. The van der Waals surface area contributed by atoms with E-state index >= 15 is 0 Å². The molecular formula is C20H22N4O5. The summed E-state index contributed by atoms with van der Waals surface area (Å²) in [4.78, 5) is 39.5. The number of nitrogens with zero attached hydrogens (tertiary/aromatic N) is 3. The maximum absolute atomic E-state index is 12.8. The Balaban J connectivity index is 1.92. The number of ether oxygens (including phenoxy) is 1. The summed E-state index contributed by atoms with van der Waals surface area (Å²) in [7, 11) is 3.33. The highest BCUT2D eigenvalue weighted by atomic mass is 16.6. The topological polar surface area (TPSA) is 105 Å². The largest absolute Gasteiger partial charge is 0.465 e. The third kappa shape index (κ3) is 4.69. The van der Waals surface area contributed by atoms with Gasteiger partial charge in [-0.1, -0.05) is 6.07 Å². The van der Waals surface area contributed by atoms with Crippen molar-refractivity contribution in [2.45, 2.75) is 0 Å². The Morgan fingerprint density at radius 3 is 2.45 bits per heavy atom. The molecule has 1 aliphatic rings. The van der Waals surface area contributed by atoms with Crippen LogP contribution < -0.4 is 10.2 Å². The van der Waals surface area contributed by atoms with Gasteiger partial charge in [0.25, 0.3) is 11.6 Å². The fraction of sp³-hybridized carbons (Fsp3) is 0.300. The number of piperazine rings is 1. The second-order valence-electron chi connectivity index (χ2n) is 6.78. The highest BCUT2D eigenvalue weighted by Crippen LogP contribution is 2.29. The summed E-state index contributed by atoms with van der Waals surface area (Å²) in [5.41, 5.74) is 1.53. The van der Waals surface area contributed by atoms with E-state index in [2.05, 4.69) is 15.1 Å². The van der Waals surface area contributed by atoms with Crippen LogP contribution in [0.15, 0.2) is 42.5 Å². The van der Waals surface area contributed by atoms with Crippen LogP contribution in [0, 0.1) is 10.1 Å². The third-order valence-corrected chi connectivity index (χ3v) is 4.83. The van der Waals surface area contributed by atoms with Gasteiger partial charge in [-0.05, 0) is 31.3 Å². The minimum Gasteiger partial charge on any atom is -0.465 e. The second-order valence-corrected chi connectivity index (χ2v) is 6.78. The van der Waals surface area contributed by atoms with Crippen molar-refractivity contribution in [3.05, 3.63) is 63.7 Å². The average Bonchev–Trinajstić information content (AvgIpc) is 2.74. The van der Waals surface area contributed by atoms with Gasteiger partial charge in [0.1, 0.15) is 0 Å². The predicted molar refractivity (Wildman–Crippen MR) is 109 cm³/mol. The van der Waals surface area contributed by atoms with Gasteiger partial charge in [0, 0.05) is 43.9 Å². The molecule has 0 atom stereocenters. The zero-order chi connectivity index (χ0) is 21.0. The molecule has 1 amide bonds. The molecule has 1 aliphatic heterocycles. The van der Waals surface area contributed by atoms with Crippen molar-refractivity contribution in [1.82, 2.24) is 4.90 Å². The molecule has 2 aromatic rings. The van der Waals surface area contributed by atoms with Crippen LogP contribution in [0.4, 0.5) is 17.1 Å². The number of anilines is 2. The van der Waals surface area contributed by atoms with E-state index in [0.717, 1.165) is 31.9 Å².